The van der Waals surface area contributed by atoms with Gasteiger partial charge in [0.1, 0.15) is 0 Å². The first-order chi connectivity index (χ1) is 7.09. The number of anilines is 1. The minimum absolute atomic E-state index is 0.523. The van der Waals surface area contributed by atoms with Crippen molar-refractivity contribution in [1.82, 2.24) is 4.98 Å². The number of aryl methyl sites for hydroxylation is 1. The van der Waals surface area contributed by atoms with Crippen molar-refractivity contribution in [2.75, 3.05) is 5.32 Å². The Balaban J connectivity index is 2.44. The van der Waals surface area contributed by atoms with Gasteiger partial charge < -0.3 is 5.32 Å². The predicted octanol–water partition coefficient (Wildman–Crippen LogP) is 3.63. The number of aromatic nitrogens is 1. The van der Waals surface area contributed by atoms with Crippen LogP contribution in [-0.4, -0.2) is 11.0 Å². The second-order valence-electron chi connectivity index (χ2n) is 4.65. The van der Waals surface area contributed by atoms with Crippen molar-refractivity contribution in [2.45, 2.75) is 46.6 Å². The SMILES string of the molecule is Cc1ncccc1NC(C)CCC(C)C. The van der Waals surface area contributed by atoms with Crippen molar-refractivity contribution in [3.63, 3.8) is 0 Å². The Labute approximate surface area is 93.1 Å². The molecule has 0 bridgehead atoms. The minimum atomic E-state index is 0.523. The second kappa shape index (κ2) is 5.74. The molecule has 15 heavy (non-hydrogen) atoms. The smallest absolute Gasteiger partial charge is 0.0603 e. The van der Waals surface area contributed by atoms with Crippen LogP contribution in [0.1, 0.15) is 39.3 Å². The molecule has 0 aliphatic carbocycles. The van der Waals surface area contributed by atoms with E-state index in [2.05, 4.69) is 37.1 Å². The molecule has 0 radical (unpaired) electrons. The fourth-order valence-corrected chi connectivity index (χ4v) is 1.56. The van der Waals surface area contributed by atoms with Gasteiger partial charge in [0.15, 0.2) is 0 Å². The van der Waals surface area contributed by atoms with Crippen LogP contribution in [-0.2, 0) is 0 Å². The molecule has 1 heterocycles. The average molecular weight is 206 g/mol. The fraction of sp³-hybridized carbons (Fsp3) is 0.615. The van der Waals surface area contributed by atoms with Crippen LogP contribution in [0.3, 0.4) is 0 Å². The quantitative estimate of drug-likeness (QED) is 0.795. The topological polar surface area (TPSA) is 24.9 Å². The van der Waals surface area contributed by atoms with E-state index in [0.29, 0.717) is 6.04 Å². The highest BCUT2D eigenvalue weighted by molar-refractivity contribution is 5.47. The van der Waals surface area contributed by atoms with E-state index in [0.717, 1.165) is 17.3 Å². The molecule has 2 heteroatoms. The maximum atomic E-state index is 4.26. The standard InChI is InChI=1S/C13H22N2/c1-10(2)7-8-11(3)15-13-6-5-9-14-12(13)4/h5-6,9-11,15H,7-8H2,1-4H3. The van der Waals surface area contributed by atoms with E-state index in [-0.39, 0.29) is 0 Å². The summed E-state index contributed by atoms with van der Waals surface area (Å²) in [6.45, 7) is 8.80. The fourth-order valence-electron chi connectivity index (χ4n) is 1.56. The van der Waals surface area contributed by atoms with E-state index in [9.17, 15) is 0 Å². The van der Waals surface area contributed by atoms with Crippen LogP contribution >= 0.6 is 0 Å². The van der Waals surface area contributed by atoms with Crippen LogP contribution in [0.5, 0.6) is 0 Å². The number of pyridine rings is 1. The Morgan fingerprint density at radius 2 is 2.00 bits per heavy atom. The molecule has 0 saturated heterocycles. The first-order valence-corrected chi connectivity index (χ1v) is 5.77. The average Bonchev–Trinajstić information content (AvgIpc) is 2.18. The molecule has 1 aromatic heterocycles. The van der Waals surface area contributed by atoms with Gasteiger partial charge in [-0.05, 0) is 44.7 Å². The molecule has 0 aromatic carbocycles. The van der Waals surface area contributed by atoms with Crippen molar-refractivity contribution in [2.24, 2.45) is 5.92 Å². The van der Waals surface area contributed by atoms with Gasteiger partial charge in [-0.1, -0.05) is 13.8 Å². The lowest BCUT2D eigenvalue weighted by atomic mass is 10.0. The van der Waals surface area contributed by atoms with Gasteiger partial charge in [-0.2, -0.15) is 0 Å². The summed E-state index contributed by atoms with van der Waals surface area (Å²) in [6, 6.07) is 4.59. The highest BCUT2D eigenvalue weighted by Gasteiger charge is 2.05. The van der Waals surface area contributed by atoms with Crippen molar-refractivity contribution >= 4 is 5.69 Å². The summed E-state index contributed by atoms with van der Waals surface area (Å²) >= 11 is 0. The van der Waals surface area contributed by atoms with Crippen LogP contribution in [0, 0.1) is 12.8 Å². The summed E-state index contributed by atoms with van der Waals surface area (Å²) in [4.78, 5) is 4.26. The van der Waals surface area contributed by atoms with Crippen molar-refractivity contribution in [1.29, 1.82) is 0 Å². The van der Waals surface area contributed by atoms with Crippen molar-refractivity contribution in [3.05, 3.63) is 24.0 Å². The van der Waals surface area contributed by atoms with E-state index < -0.39 is 0 Å². The van der Waals surface area contributed by atoms with E-state index in [1.807, 2.05) is 19.2 Å². The number of hydrogen-bond acceptors (Lipinski definition) is 2. The molecule has 0 amide bonds. The highest BCUT2D eigenvalue weighted by atomic mass is 14.9. The zero-order valence-electron chi connectivity index (χ0n) is 10.2. The lowest BCUT2D eigenvalue weighted by molar-refractivity contribution is 0.527. The van der Waals surface area contributed by atoms with Crippen LogP contribution in [0.25, 0.3) is 0 Å². The lowest BCUT2D eigenvalue weighted by Gasteiger charge is -2.17. The van der Waals surface area contributed by atoms with Gasteiger partial charge in [-0.3, -0.25) is 4.98 Å². The summed E-state index contributed by atoms with van der Waals surface area (Å²) in [5, 5.41) is 3.50. The van der Waals surface area contributed by atoms with Crippen molar-refractivity contribution < 1.29 is 0 Å². The van der Waals surface area contributed by atoms with Crippen LogP contribution in [0.2, 0.25) is 0 Å². The van der Waals surface area contributed by atoms with Gasteiger partial charge in [0.05, 0.1) is 11.4 Å². The molecule has 0 fully saturated rings. The molecule has 0 saturated carbocycles. The number of rotatable bonds is 5. The summed E-state index contributed by atoms with van der Waals surface area (Å²) in [7, 11) is 0. The number of nitrogens with one attached hydrogen (secondary N) is 1. The van der Waals surface area contributed by atoms with Gasteiger partial charge in [-0.15, -0.1) is 0 Å². The third-order valence-corrected chi connectivity index (χ3v) is 2.59. The van der Waals surface area contributed by atoms with Gasteiger partial charge in [0, 0.05) is 12.2 Å². The molecule has 1 atom stereocenters. The molecule has 1 rings (SSSR count). The molecular formula is C13H22N2. The number of hydrogen-bond donors (Lipinski definition) is 1. The molecule has 1 N–H and O–H groups in total. The van der Waals surface area contributed by atoms with Crippen LogP contribution < -0.4 is 5.32 Å². The first-order valence-electron chi connectivity index (χ1n) is 5.77. The molecule has 0 aliphatic rings. The second-order valence-corrected chi connectivity index (χ2v) is 4.65. The molecule has 0 spiro atoms. The van der Waals surface area contributed by atoms with E-state index in [1.54, 1.807) is 0 Å². The molecular weight excluding hydrogens is 184 g/mol. The zero-order valence-corrected chi connectivity index (χ0v) is 10.2. The lowest BCUT2D eigenvalue weighted by Crippen LogP contribution is -2.16. The summed E-state index contributed by atoms with van der Waals surface area (Å²) in [5.41, 5.74) is 2.24. The molecule has 2 nitrogen and oxygen atoms in total. The Hall–Kier alpha value is -1.05. The Kier molecular flexibility index (Phi) is 4.60. The maximum Gasteiger partial charge on any atom is 0.0603 e. The third-order valence-electron chi connectivity index (χ3n) is 2.59. The first kappa shape index (κ1) is 12.0. The number of nitrogens with zero attached hydrogens (tertiary/aromatic N) is 1. The summed E-state index contributed by atoms with van der Waals surface area (Å²) < 4.78 is 0. The molecule has 84 valence electrons. The monoisotopic (exact) mass is 206 g/mol. The Morgan fingerprint density at radius 1 is 1.27 bits per heavy atom. The zero-order chi connectivity index (χ0) is 11.3. The molecule has 1 unspecified atom stereocenters. The van der Waals surface area contributed by atoms with E-state index in [4.69, 9.17) is 0 Å². The molecule has 0 aliphatic heterocycles. The van der Waals surface area contributed by atoms with Crippen molar-refractivity contribution in [3.8, 4) is 0 Å². The Bertz CT molecular complexity index is 294. The maximum absolute atomic E-state index is 4.26. The van der Waals surface area contributed by atoms with Gasteiger partial charge >= 0.3 is 0 Å². The van der Waals surface area contributed by atoms with Crippen LogP contribution in [0.4, 0.5) is 5.69 Å². The van der Waals surface area contributed by atoms with Gasteiger partial charge in [0.25, 0.3) is 0 Å². The summed E-state index contributed by atoms with van der Waals surface area (Å²) in [5.74, 6) is 0.782. The normalized spacial score (nSPS) is 12.9. The van der Waals surface area contributed by atoms with Gasteiger partial charge in [0.2, 0.25) is 0 Å². The van der Waals surface area contributed by atoms with E-state index >= 15 is 0 Å². The highest BCUT2D eigenvalue weighted by Crippen LogP contribution is 2.15. The van der Waals surface area contributed by atoms with Gasteiger partial charge in [-0.25, -0.2) is 0 Å². The van der Waals surface area contributed by atoms with E-state index in [1.165, 1.54) is 12.8 Å². The predicted molar refractivity (Wildman–Crippen MR) is 66.1 cm³/mol. The molecule has 1 aromatic rings. The largest absolute Gasteiger partial charge is 0.381 e. The summed E-state index contributed by atoms with van der Waals surface area (Å²) in [6.07, 6.45) is 4.32. The minimum Gasteiger partial charge on any atom is -0.381 e. The van der Waals surface area contributed by atoms with Crippen LogP contribution in [0.15, 0.2) is 18.3 Å². The third kappa shape index (κ3) is 4.32. The Morgan fingerprint density at radius 3 is 2.60 bits per heavy atom.